The second-order valence-electron chi connectivity index (χ2n) is 5.89. The molecule has 1 saturated heterocycles. The highest BCUT2D eigenvalue weighted by molar-refractivity contribution is 8.00. The first kappa shape index (κ1) is 18.6. The van der Waals surface area contributed by atoms with Crippen LogP contribution in [0.3, 0.4) is 0 Å². The number of hydrogen-bond acceptors (Lipinski definition) is 5. The van der Waals surface area contributed by atoms with Gasteiger partial charge in [0, 0.05) is 18.1 Å². The maximum Gasteiger partial charge on any atom is 0.305 e. The number of carbonyl (C=O) groups is 2. The number of amides is 1. The highest BCUT2D eigenvalue weighted by Gasteiger charge is 2.37. The molecule has 1 fully saturated rings. The van der Waals surface area contributed by atoms with E-state index in [0.717, 1.165) is 10.6 Å². The molecule has 1 aliphatic heterocycles. The average molecular weight is 353 g/mol. The SMILES string of the molecule is COc1ccc(SC(C)C(=O)NC2(CC(=O)O)CCOCC2)cc1. The first-order valence-corrected chi connectivity index (χ1v) is 8.74. The number of methoxy groups -OCH3 is 1. The molecule has 0 bridgehead atoms. The highest BCUT2D eigenvalue weighted by Crippen LogP contribution is 2.28. The molecule has 1 atom stereocenters. The van der Waals surface area contributed by atoms with Gasteiger partial charge >= 0.3 is 5.97 Å². The minimum atomic E-state index is -0.910. The van der Waals surface area contributed by atoms with Crippen molar-refractivity contribution in [1.82, 2.24) is 5.32 Å². The Balaban J connectivity index is 1.98. The summed E-state index contributed by atoms with van der Waals surface area (Å²) in [7, 11) is 1.61. The second-order valence-corrected chi connectivity index (χ2v) is 7.30. The molecule has 7 heteroatoms. The van der Waals surface area contributed by atoms with Crippen molar-refractivity contribution in [2.45, 2.75) is 41.9 Å². The van der Waals surface area contributed by atoms with Crippen molar-refractivity contribution in [2.24, 2.45) is 0 Å². The number of benzene rings is 1. The van der Waals surface area contributed by atoms with Crippen LogP contribution in [0.25, 0.3) is 0 Å². The molecular weight excluding hydrogens is 330 g/mol. The minimum absolute atomic E-state index is 0.0813. The molecule has 0 spiro atoms. The van der Waals surface area contributed by atoms with Crippen molar-refractivity contribution in [3.63, 3.8) is 0 Å². The summed E-state index contributed by atoms with van der Waals surface area (Å²) < 4.78 is 10.4. The van der Waals surface area contributed by atoms with Crippen LogP contribution in [-0.2, 0) is 14.3 Å². The molecule has 2 N–H and O–H groups in total. The molecule has 1 aliphatic rings. The van der Waals surface area contributed by atoms with Crippen LogP contribution in [0.5, 0.6) is 5.75 Å². The fraction of sp³-hybridized carbons (Fsp3) is 0.529. The normalized spacial score (nSPS) is 17.8. The van der Waals surface area contributed by atoms with E-state index >= 15 is 0 Å². The van der Waals surface area contributed by atoms with Crippen LogP contribution in [-0.4, -0.2) is 48.1 Å². The van der Waals surface area contributed by atoms with Gasteiger partial charge in [0.15, 0.2) is 0 Å². The first-order chi connectivity index (χ1) is 11.4. The summed E-state index contributed by atoms with van der Waals surface area (Å²) in [6.07, 6.45) is 0.956. The van der Waals surface area contributed by atoms with Crippen LogP contribution in [0.1, 0.15) is 26.2 Å². The van der Waals surface area contributed by atoms with Gasteiger partial charge in [-0.3, -0.25) is 9.59 Å². The minimum Gasteiger partial charge on any atom is -0.497 e. The third-order valence-electron chi connectivity index (χ3n) is 4.07. The fourth-order valence-corrected chi connectivity index (χ4v) is 3.54. The lowest BCUT2D eigenvalue weighted by atomic mass is 9.86. The van der Waals surface area contributed by atoms with Gasteiger partial charge in [0.05, 0.1) is 24.3 Å². The van der Waals surface area contributed by atoms with Gasteiger partial charge in [0.25, 0.3) is 0 Å². The van der Waals surface area contributed by atoms with Crippen molar-refractivity contribution in [1.29, 1.82) is 0 Å². The topological polar surface area (TPSA) is 84.9 Å². The number of rotatable bonds is 7. The summed E-state index contributed by atoms with van der Waals surface area (Å²) in [6, 6.07) is 7.48. The molecule has 0 aromatic heterocycles. The number of nitrogens with one attached hydrogen (secondary N) is 1. The predicted octanol–water partition coefficient (Wildman–Crippen LogP) is 2.32. The van der Waals surface area contributed by atoms with Gasteiger partial charge in [-0.1, -0.05) is 0 Å². The second kappa shape index (κ2) is 8.39. The maximum absolute atomic E-state index is 12.5. The zero-order valence-electron chi connectivity index (χ0n) is 13.9. The number of carbonyl (C=O) groups excluding carboxylic acids is 1. The molecule has 0 saturated carbocycles. The Morgan fingerprint density at radius 2 is 1.96 bits per heavy atom. The molecule has 1 amide bonds. The highest BCUT2D eigenvalue weighted by atomic mass is 32.2. The van der Waals surface area contributed by atoms with Crippen molar-refractivity contribution in [3.05, 3.63) is 24.3 Å². The maximum atomic E-state index is 12.5. The van der Waals surface area contributed by atoms with Crippen LogP contribution in [0, 0.1) is 0 Å². The molecule has 0 radical (unpaired) electrons. The number of aliphatic carboxylic acids is 1. The third kappa shape index (κ3) is 5.14. The molecule has 0 aliphatic carbocycles. The third-order valence-corrected chi connectivity index (χ3v) is 5.18. The lowest BCUT2D eigenvalue weighted by Gasteiger charge is -2.37. The van der Waals surface area contributed by atoms with Gasteiger partial charge in [-0.15, -0.1) is 11.8 Å². The van der Waals surface area contributed by atoms with E-state index in [0.29, 0.717) is 26.1 Å². The fourth-order valence-electron chi connectivity index (χ4n) is 2.67. The molecule has 2 rings (SSSR count). The van der Waals surface area contributed by atoms with Crippen molar-refractivity contribution >= 4 is 23.6 Å². The van der Waals surface area contributed by atoms with E-state index < -0.39 is 11.5 Å². The molecule has 1 unspecified atom stereocenters. The monoisotopic (exact) mass is 353 g/mol. The van der Waals surface area contributed by atoms with Crippen LogP contribution in [0.2, 0.25) is 0 Å². The Morgan fingerprint density at radius 3 is 2.50 bits per heavy atom. The van der Waals surface area contributed by atoms with Crippen molar-refractivity contribution < 1.29 is 24.2 Å². The summed E-state index contributed by atoms with van der Waals surface area (Å²) in [5, 5.41) is 11.8. The zero-order chi connectivity index (χ0) is 17.6. The van der Waals surface area contributed by atoms with Crippen molar-refractivity contribution in [3.8, 4) is 5.75 Å². The van der Waals surface area contributed by atoms with E-state index in [1.165, 1.54) is 11.8 Å². The van der Waals surface area contributed by atoms with E-state index in [-0.39, 0.29) is 17.6 Å². The number of ether oxygens (including phenoxy) is 2. The van der Waals surface area contributed by atoms with Gasteiger partial charge in [0.2, 0.25) is 5.91 Å². The molecule has 1 aromatic carbocycles. The van der Waals surface area contributed by atoms with E-state index in [9.17, 15) is 9.59 Å². The average Bonchev–Trinajstić information content (AvgIpc) is 2.55. The van der Waals surface area contributed by atoms with Crippen molar-refractivity contribution in [2.75, 3.05) is 20.3 Å². The Labute approximate surface area is 145 Å². The lowest BCUT2D eigenvalue weighted by Crippen LogP contribution is -2.54. The molecule has 132 valence electrons. The Hall–Kier alpha value is -1.73. The quantitative estimate of drug-likeness (QED) is 0.732. The van der Waals surface area contributed by atoms with E-state index in [2.05, 4.69) is 5.32 Å². The number of thioether (sulfide) groups is 1. The number of carboxylic acid groups (broad SMARTS) is 1. The number of hydrogen-bond donors (Lipinski definition) is 2. The summed E-state index contributed by atoms with van der Waals surface area (Å²) >= 11 is 1.43. The predicted molar refractivity (Wildman–Crippen MR) is 91.5 cm³/mol. The lowest BCUT2D eigenvalue weighted by molar-refractivity contribution is -0.140. The van der Waals surface area contributed by atoms with Gasteiger partial charge in [-0.05, 0) is 44.0 Å². The van der Waals surface area contributed by atoms with E-state index in [1.807, 2.05) is 31.2 Å². The van der Waals surface area contributed by atoms with Gasteiger partial charge in [0.1, 0.15) is 5.75 Å². The molecule has 6 nitrogen and oxygen atoms in total. The van der Waals surface area contributed by atoms with Crippen LogP contribution < -0.4 is 10.1 Å². The first-order valence-electron chi connectivity index (χ1n) is 7.86. The van der Waals surface area contributed by atoms with Gasteiger partial charge < -0.3 is 19.9 Å². The molecule has 1 heterocycles. The smallest absolute Gasteiger partial charge is 0.305 e. The largest absolute Gasteiger partial charge is 0.497 e. The van der Waals surface area contributed by atoms with E-state index in [1.54, 1.807) is 7.11 Å². The van der Waals surface area contributed by atoms with Crippen LogP contribution in [0.15, 0.2) is 29.2 Å². The Morgan fingerprint density at radius 1 is 1.33 bits per heavy atom. The summed E-state index contributed by atoms with van der Waals surface area (Å²) in [4.78, 5) is 24.7. The molecule has 1 aromatic rings. The summed E-state index contributed by atoms with van der Waals surface area (Å²) in [5.41, 5.74) is -0.712. The summed E-state index contributed by atoms with van der Waals surface area (Å²) in [5.74, 6) is -0.300. The van der Waals surface area contributed by atoms with Crippen LogP contribution >= 0.6 is 11.8 Å². The Kier molecular flexibility index (Phi) is 6.51. The standard InChI is InChI=1S/C17H23NO5S/c1-12(24-14-5-3-13(22-2)4-6-14)16(21)18-17(11-15(19)20)7-9-23-10-8-17/h3-6,12H,7-11H2,1-2H3,(H,18,21)(H,19,20). The molecule has 24 heavy (non-hydrogen) atoms. The van der Waals surface area contributed by atoms with Gasteiger partial charge in [-0.25, -0.2) is 0 Å². The zero-order valence-corrected chi connectivity index (χ0v) is 14.7. The van der Waals surface area contributed by atoms with Gasteiger partial charge in [-0.2, -0.15) is 0 Å². The van der Waals surface area contributed by atoms with E-state index in [4.69, 9.17) is 14.6 Å². The summed E-state index contributed by atoms with van der Waals surface area (Å²) in [6.45, 7) is 2.75. The number of carboxylic acids is 1. The Bertz CT molecular complexity index is 569. The van der Waals surface area contributed by atoms with Crippen LogP contribution in [0.4, 0.5) is 0 Å². The molecular formula is C17H23NO5S.